The van der Waals surface area contributed by atoms with Gasteiger partial charge in [0.2, 0.25) is 0 Å². The number of urea groups is 1. The summed E-state index contributed by atoms with van der Waals surface area (Å²) in [5.41, 5.74) is 1.58. The average Bonchev–Trinajstić information content (AvgIpc) is 3.34. The van der Waals surface area contributed by atoms with Gasteiger partial charge in [0.05, 0.1) is 26.5 Å². The Kier molecular flexibility index (Phi) is 25.3. The van der Waals surface area contributed by atoms with E-state index in [1.165, 1.54) is 79.8 Å². The number of piperazine rings is 2. The number of nitro groups is 2. The first-order chi connectivity index (χ1) is 35.8. The Bertz CT molecular complexity index is 2790. The molecule has 418 valence electrons. The van der Waals surface area contributed by atoms with Gasteiger partial charge in [-0.3, -0.25) is 25.5 Å². The lowest BCUT2D eigenvalue weighted by Crippen LogP contribution is -2.48. The largest absolute Gasteiger partial charge is 0.417 e. The van der Waals surface area contributed by atoms with Crippen LogP contribution >= 0.6 is 59.4 Å². The van der Waals surface area contributed by atoms with Crippen LogP contribution in [-0.4, -0.2) is 109 Å². The first-order valence-electron chi connectivity index (χ1n) is 21.7. The van der Waals surface area contributed by atoms with E-state index >= 15 is 0 Å². The van der Waals surface area contributed by atoms with E-state index in [0.29, 0.717) is 13.1 Å². The summed E-state index contributed by atoms with van der Waals surface area (Å²) in [6.45, 7) is 7.37. The number of hydrogen-bond acceptors (Lipinski definition) is 13. The molecule has 0 radical (unpaired) electrons. The smallest absolute Gasteiger partial charge is 0.414 e. The number of halogens is 13. The number of ether oxygens (including phenoxy) is 2. The van der Waals surface area contributed by atoms with E-state index in [-0.39, 0.29) is 59.4 Å². The predicted octanol–water partition coefficient (Wildman–Crippen LogP) is 13.1. The second-order valence-electron chi connectivity index (χ2n) is 15.8. The summed E-state index contributed by atoms with van der Waals surface area (Å²) in [5.74, 6) is 0.178. The molecule has 2 heterocycles. The molecule has 2 fully saturated rings. The third-order valence-corrected chi connectivity index (χ3v) is 12.1. The number of amides is 3. The maximum atomic E-state index is 12.8. The zero-order valence-corrected chi connectivity index (χ0v) is 45.4. The minimum Gasteiger partial charge on any atom is -0.414 e. The number of hydrogen-bond donors (Lipinski definition) is 4. The number of nitrogens with one attached hydrogen (secondary N) is 3. The van der Waals surface area contributed by atoms with Crippen molar-refractivity contribution in [2.45, 2.75) is 18.5 Å². The molecular weight excluding hydrogens is 1270 g/mol. The van der Waals surface area contributed by atoms with Crippen molar-refractivity contribution in [2.24, 2.45) is 0 Å². The van der Waals surface area contributed by atoms with E-state index in [2.05, 4.69) is 85.3 Å². The SMILES string of the molecule is CN1CCN(C(=O)Nc2ccc(Br)c(C(F)(F)F)c2)CC1.CN1CCNCC1.Nc1ccc(Br)c(C(F)(F)F)c1.O=C(Cl)Oc1ccc([N+](=O)[O-])cc1.O=C(Nc1ccc(Br)c(C(F)(F)F)c1)Oc1ccc([N+](=O)[O-])cc1. The van der Waals surface area contributed by atoms with Crippen molar-refractivity contribution in [3.63, 3.8) is 0 Å². The molecule has 0 unspecified atom stereocenters. The first kappa shape index (κ1) is 65.0. The van der Waals surface area contributed by atoms with Crippen LogP contribution in [0.15, 0.2) is 117 Å². The molecule has 0 spiro atoms. The summed E-state index contributed by atoms with van der Waals surface area (Å²) < 4.78 is 122. The van der Waals surface area contributed by atoms with E-state index in [1.54, 1.807) is 4.90 Å². The highest BCUT2D eigenvalue weighted by atomic mass is 79.9. The van der Waals surface area contributed by atoms with Crippen molar-refractivity contribution in [1.82, 2.24) is 20.0 Å². The molecule has 31 heteroatoms. The van der Waals surface area contributed by atoms with E-state index in [9.17, 15) is 74.1 Å². The standard InChI is InChI=1S/C14H8BrF3N2O4.C13H15BrF3N3O.C7H5BrF3N.C7H4ClNO4.C5H12N2/c15-12-6-1-8(7-11(12)14(16,17)18)19-13(21)24-10-4-2-9(3-5-10)20(22)23;1-19-4-6-20(7-5-19)12(21)18-9-2-3-11(14)10(8-9)13(15,16)17;8-6-2-1-4(12)3-5(6)7(9,10)11;8-7(10)13-6-3-1-5(2-4-6)9(11)12;1-7-4-2-6-3-5-7/h1-7H,(H,19,21);2-3,8H,4-7H2,1H3,(H,18,21);1-3H,12H2;1-4H;6H,2-5H2,1H3. The van der Waals surface area contributed by atoms with E-state index in [0.717, 1.165) is 62.6 Å². The van der Waals surface area contributed by atoms with Gasteiger partial charge in [0.15, 0.2) is 0 Å². The predicted molar refractivity (Wildman–Crippen MR) is 278 cm³/mol. The van der Waals surface area contributed by atoms with Crippen LogP contribution in [0.1, 0.15) is 16.7 Å². The van der Waals surface area contributed by atoms with Crippen LogP contribution in [0.4, 0.5) is 82.3 Å². The summed E-state index contributed by atoms with van der Waals surface area (Å²) in [5, 5.41) is 28.7. The molecule has 2 aliphatic rings. The van der Waals surface area contributed by atoms with Gasteiger partial charge in [-0.25, -0.2) is 14.4 Å². The molecule has 5 N–H and O–H groups in total. The van der Waals surface area contributed by atoms with Crippen molar-refractivity contribution in [3.05, 3.63) is 153 Å². The van der Waals surface area contributed by atoms with Crippen molar-refractivity contribution < 1.29 is 73.2 Å². The quantitative estimate of drug-likeness (QED) is 0.0408. The Labute approximate surface area is 462 Å². The molecule has 18 nitrogen and oxygen atoms in total. The second-order valence-corrected chi connectivity index (χ2v) is 18.6. The number of nitrogen functional groups attached to an aromatic ring is 1. The fourth-order valence-corrected chi connectivity index (χ4v) is 7.51. The highest BCUT2D eigenvalue weighted by Crippen LogP contribution is 2.38. The number of nitro benzene ring substituents is 2. The third kappa shape index (κ3) is 23.5. The van der Waals surface area contributed by atoms with Gasteiger partial charge < -0.3 is 40.5 Å². The van der Waals surface area contributed by atoms with Crippen LogP contribution in [0.25, 0.3) is 0 Å². The van der Waals surface area contributed by atoms with Gasteiger partial charge in [-0.2, -0.15) is 39.5 Å². The number of rotatable bonds is 6. The number of anilines is 3. The van der Waals surface area contributed by atoms with Crippen LogP contribution in [0, 0.1) is 20.2 Å². The van der Waals surface area contributed by atoms with Gasteiger partial charge in [-0.1, -0.05) is 47.8 Å². The number of benzene rings is 5. The average molecular weight is 1310 g/mol. The normalized spacial score (nSPS) is 13.7. The minimum atomic E-state index is -4.58. The van der Waals surface area contributed by atoms with Crippen molar-refractivity contribution >= 4 is 105 Å². The molecule has 0 saturated carbocycles. The lowest BCUT2D eigenvalue weighted by molar-refractivity contribution is -0.385. The summed E-state index contributed by atoms with van der Waals surface area (Å²) in [7, 11) is 4.11. The minimum absolute atomic E-state index is 0.00389. The van der Waals surface area contributed by atoms with Crippen LogP contribution in [0.2, 0.25) is 0 Å². The molecule has 0 aromatic heterocycles. The molecule has 0 bridgehead atoms. The molecule has 77 heavy (non-hydrogen) atoms. The van der Waals surface area contributed by atoms with Gasteiger partial charge >= 0.3 is 36.1 Å². The maximum Gasteiger partial charge on any atom is 0.417 e. The van der Waals surface area contributed by atoms with E-state index < -0.39 is 56.6 Å². The zero-order valence-electron chi connectivity index (χ0n) is 39.9. The zero-order chi connectivity index (χ0) is 57.8. The van der Waals surface area contributed by atoms with E-state index in [1.807, 2.05) is 7.05 Å². The van der Waals surface area contributed by atoms with Gasteiger partial charge in [0.25, 0.3) is 11.4 Å². The number of nitrogens with two attached hydrogens (primary N) is 1. The molecular formula is C46H44Br3ClF9N9O9. The van der Waals surface area contributed by atoms with Crippen LogP contribution in [0.5, 0.6) is 11.5 Å². The van der Waals surface area contributed by atoms with Crippen molar-refractivity contribution in [3.8, 4) is 11.5 Å². The van der Waals surface area contributed by atoms with Gasteiger partial charge in [-0.15, -0.1) is 0 Å². The summed E-state index contributed by atoms with van der Waals surface area (Å²) in [6.07, 6.45) is -14.4. The Morgan fingerprint density at radius 2 is 0.961 bits per heavy atom. The fourth-order valence-electron chi connectivity index (χ4n) is 6.00. The molecule has 5 aromatic carbocycles. The van der Waals surface area contributed by atoms with Gasteiger partial charge in [0.1, 0.15) is 11.5 Å². The number of non-ortho nitro benzene ring substituents is 2. The Hall–Kier alpha value is -6.31. The molecule has 0 atom stereocenters. The molecule has 2 saturated heterocycles. The maximum absolute atomic E-state index is 12.8. The number of likely N-dealkylation sites (N-methyl/N-ethyl adjacent to an activating group) is 2. The first-order valence-corrected chi connectivity index (χ1v) is 24.4. The van der Waals surface area contributed by atoms with Crippen molar-refractivity contribution in [2.75, 3.05) is 82.8 Å². The lowest BCUT2D eigenvalue weighted by Gasteiger charge is -2.32. The van der Waals surface area contributed by atoms with E-state index in [4.69, 9.17) is 22.1 Å². The molecule has 3 amide bonds. The van der Waals surface area contributed by atoms with Crippen LogP contribution in [-0.2, 0) is 18.5 Å². The van der Waals surface area contributed by atoms with Crippen LogP contribution in [0.3, 0.4) is 0 Å². The number of carbonyl (C=O) groups is 3. The number of nitrogens with zero attached hydrogens (tertiary/aromatic N) is 5. The molecule has 0 aliphatic carbocycles. The molecule has 2 aliphatic heterocycles. The number of carbonyl (C=O) groups excluding carboxylic acids is 3. The lowest BCUT2D eigenvalue weighted by atomic mass is 10.2. The summed E-state index contributed by atoms with van der Waals surface area (Å²) in [6, 6.07) is 19.7. The second kappa shape index (κ2) is 30.0. The summed E-state index contributed by atoms with van der Waals surface area (Å²) >= 11 is 13.4. The Morgan fingerprint density at radius 3 is 1.32 bits per heavy atom. The number of alkyl halides is 9. The van der Waals surface area contributed by atoms with Gasteiger partial charge in [-0.05, 0) is 93.0 Å². The highest BCUT2D eigenvalue weighted by Gasteiger charge is 2.35. The Balaban J connectivity index is 0.000000267. The third-order valence-electron chi connectivity index (χ3n) is 9.97. The highest BCUT2D eigenvalue weighted by molar-refractivity contribution is 9.11. The Morgan fingerprint density at radius 1 is 0.584 bits per heavy atom. The monoisotopic (exact) mass is 1310 g/mol. The van der Waals surface area contributed by atoms with Crippen molar-refractivity contribution in [1.29, 1.82) is 0 Å². The van der Waals surface area contributed by atoms with Crippen LogP contribution < -0.4 is 31.2 Å². The fraction of sp³-hybridized carbons (Fsp3) is 0.283. The molecule has 5 aromatic rings. The van der Waals surface area contributed by atoms with Gasteiger partial charge in [0, 0.05) is 119 Å². The summed E-state index contributed by atoms with van der Waals surface area (Å²) in [4.78, 5) is 59.5. The topological polar surface area (TPSA) is 228 Å². The molecule has 7 rings (SSSR count).